The lowest BCUT2D eigenvalue weighted by molar-refractivity contribution is 0.126. The number of benzene rings is 1. The van der Waals surface area contributed by atoms with E-state index in [0.717, 1.165) is 17.6 Å². The van der Waals surface area contributed by atoms with E-state index in [1.165, 1.54) is 31.4 Å². The lowest BCUT2D eigenvalue weighted by Crippen LogP contribution is -2.34. The fraction of sp³-hybridized carbons (Fsp3) is 0.647. The van der Waals surface area contributed by atoms with Gasteiger partial charge in [0.1, 0.15) is 0 Å². The molecule has 1 saturated heterocycles. The van der Waals surface area contributed by atoms with Gasteiger partial charge in [0.25, 0.3) is 0 Å². The van der Waals surface area contributed by atoms with Crippen molar-refractivity contribution in [1.82, 2.24) is 4.90 Å². The number of hydrogen-bond acceptors (Lipinski definition) is 1. The monoisotopic (exact) mass is 313 g/mol. The van der Waals surface area contributed by atoms with Crippen molar-refractivity contribution >= 4 is 24.0 Å². The number of nitrogens with zero attached hydrogens (tertiary/aromatic N) is 1. The van der Waals surface area contributed by atoms with Crippen LogP contribution >= 0.6 is 24.0 Å². The quantitative estimate of drug-likeness (QED) is 0.728. The van der Waals surface area contributed by atoms with E-state index in [9.17, 15) is 0 Å². The summed E-state index contributed by atoms with van der Waals surface area (Å²) in [6.07, 6.45) is 4.09. The number of likely N-dealkylation sites (tertiary alicyclic amines) is 1. The molecule has 2 unspecified atom stereocenters. The third kappa shape index (κ3) is 3.32. The van der Waals surface area contributed by atoms with Crippen LogP contribution in [-0.2, 0) is 6.54 Å². The molecule has 2 aliphatic rings. The van der Waals surface area contributed by atoms with Crippen LogP contribution in [0.25, 0.3) is 0 Å². The minimum Gasteiger partial charge on any atom is -0.296 e. The first-order chi connectivity index (χ1) is 8.85. The second-order valence-corrected chi connectivity index (χ2v) is 8.18. The Morgan fingerprint density at radius 1 is 1.15 bits per heavy atom. The molecule has 1 heterocycles. The number of hydrogen-bond donors (Lipinski definition) is 0. The lowest BCUT2D eigenvalue weighted by Gasteiger charge is -2.40. The van der Waals surface area contributed by atoms with E-state index in [1.54, 1.807) is 0 Å². The van der Waals surface area contributed by atoms with E-state index in [4.69, 9.17) is 11.6 Å². The molecule has 20 heavy (non-hydrogen) atoms. The summed E-state index contributed by atoms with van der Waals surface area (Å²) in [5.74, 6) is 0. The topological polar surface area (TPSA) is 3.24 Å². The molecule has 112 valence electrons. The average Bonchev–Trinajstić information content (AvgIpc) is 2.51. The van der Waals surface area contributed by atoms with Gasteiger partial charge in [0, 0.05) is 24.2 Å². The van der Waals surface area contributed by atoms with Crippen LogP contribution in [0.5, 0.6) is 0 Å². The lowest BCUT2D eigenvalue weighted by atomic mass is 9.65. The Hall–Kier alpha value is -0.240. The first-order valence-corrected chi connectivity index (χ1v) is 7.72. The fourth-order valence-electron chi connectivity index (χ4n) is 4.59. The van der Waals surface area contributed by atoms with Crippen molar-refractivity contribution in [1.29, 1.82) is 0 Å². The zero-order chi connectivity index (χ0) is 13.7. The van der Waals surface area contributed by atoms with Crippen molar-refractivity contribution in [2.45, 2.75) is 52.6 Å². The second kappa shape index (κ2) is 5.51. The molecule has 1 nitrogen and oxygen atoms in total. The summed E-state index contributed by atoms with van der Waals surface area (Å²) < 4.78 is 0. The summed E-state index contributed by atoms with van der Waals surface area (Å²) in [7, 11) is 0. The van der Waals surface area contributed by atoms with Gasteiger partial charge in [-0.05, 0) is 47.8 Å². The van der Waals surface area contributed by atoms with E-state index >= 15 is 0 Å². The van der Waals surface area contributed by atoms with Gasteiger partial charge >= 0.3 is 0 Å². The molecule has 1 saturated carbocycles. The molecule has 0 aromatic heterocycles. The zero-order valence-corrected chi connectivity index (χ0v) is 14.2. The van der Waals surface area contributed by atoms with Crippen LogP contribution in [0.15, 0.2) is 24.3 Å². The van der Waals surface area contributed by atoms with Crippen molar-refractivity contribution in [2.24, 2.45) is 10.8 Å². The molecule has 0 radical (unpaired) electrons. The highest BCUT2D eigenvalue weighted by Crippen LogP contribution is 2.52. The average molecular weight is 314 g/mol. The minimum atomic E-state index is 0. The summed E-state index contributed by atoms with van der Waals surface area (Å²) in [6.45, 7) is 9.67. The molecule has 3 heteroatoms. The van der Waals surface area contributed by atoms with E-state index in [-0.39, 0.29) is 12.4 Å². The molecule has 0 N–H and O–H groups in total. The standard InChI is InChI=1S/C17H24ClN.ClH/c1-16(2)8-15-9-17(3,11-16)12-19(15)10-13-4-6-14(18)7-5-13;/h4-7,15H,8-12H2,1-3H3;1H. The number of rotatable bonds is 2. The van der Waals surface area contributed by atoms with Crippen molar-refractivity contribution < 1.29 is 0 Å². The first-order valence-electron chi connectivity index (χ1n) is 7.34. The maximum Gasteiger partial charge on any atom is 0.0406 e. The Morgan fingerprint density at radius 2 is 1.80 bits per heavy atom. The summed E-state index contributed by atoms with van der Waals surface area (Å²) in [5.41, 5.74) is 2.42. The summed E-state index contributed by atoms with van der Waals surface area (Å²) in [4.78, 5) is 2.69. The van der Waals surface area contributed by atoms with Crippen LogP contribution in [0, 0.1) is 10.8 Å². The summed E-state index contributed by atoms with van der Waals surface area (Å²) in [5, 5.41) is 0.831. The zero-order valence-electron chi connectivity index (χ0n) is 12.7. The van der Waals surface area contributed by atoms with Gasteiger partial charge in [-0.3, -0.25) is 4.90 Å². The van der Waals surface area contributed by atoms with E-state index in [0.29, 0.717) is 10.8 Å². The van der Waals surface area contributed by atoms with E-state index in [2.05, 4.69) is 37.8 Å². The van der Waals surface area contributed by atoms with Crippen molar-refractivity contribution in [3.05, 3.63) is 34.9 Å². The maximum atomic E-state index is 5.96. The van der Waals surface area contributed by atoms with Crippen molar-refractivity contribution in [3.8, 4) is 0 Å². The molecular weight excluding hydrogens is 289 g/mol. The maximum absolute atomic E-state index is 5.96. The van der Waals surface area contributed by atoms with E-state index < -0.39 is 0 Å². The third-order valence-electron chi connectivity index (χ3n) is 4.82. The molecule has 2 atom stereocenters. The molecule has 1 aromatic carbocycles. The van der Waals surface area contributed by atoms with Crippen LogP contribution in [0.2, 0.25) is 5.02 Å². The van der Waals surface area contributed by atoms with Crippen LogP contribution in [-0.4, -0.2) is 17.5 Å². The normalized spacial score (nSPS) is 31.9. The highest BCUT2D eigenvalue weighted by atomic mass is 35.5. The molecule has 0 spiro atoms. The Bertz CT molecular complexity index is 468. The Balaban J connectivity index is 0.00000147. The van der Waals surface area contributed by atoms with Gasteiger partial charge in [-0.2, -0.15) is 0 Å². The number of halogens is 2. The predicted molar refractivity (Wildman–Crippen MR) is 88.6 cm³/mol. The highest BCUT2D eigenvalue weighted by Gasteiger charge is 2.49. The molecular formula is C17H25Cl2N. The Kier molecular flexibility index (Phi) is 4.45. The van der Waals surface area contributed by atoms with E-state index in [1.807, 2.05) is 12.1 Å². The predicted octanol–water partition coefficient (Wildman–Crippen LogP) is 5.16. The van der Waals surface area contributed by atoms with Gasteiger partial charge < -0.3 is 0 Å². The third-order valence-corrected chi connectivity index (χ3v) is 5.07. The molecule has 2 bridgehead atoms. The summed E-state index contributed by atoms with van der Waals surface area (Å²) >= 11 is 5.96. The molecule has 0 amide bonds. The van der Waals surface area contributed by atoms with Gasteiger partial charge in [0.05, 0.1) is 0 Å². The fourth-order valence-corrected chi connectivity index (χ4v) is 4.71. The SMILES string of the molecule is CC1(C)CC2CC(C)(CN2Cc2ccc(Cl)cc2)C1.Cl. The van der Waals surface area contributed by atoms with Gasteiger partial charge in [0.2, 0.25) is 0 Å². The van der Waals surface area contributed by atoms with Crippen LogP contribution in [0.1, 0.15) is 45.6 Å². The molecule has 1 aromatic rings. The van der Waals surface area contributed by atoms with Gasteiger partial charge in [-0.1, -0.05) is 44.5 Å². The molecule has 1 aliphatic heterocycles. The Labute approximate surface area is 134 Å². The summed E-state index contributed by atoms with van der Waals surface area (Å²) in [6, 6.07) is 9.11. The Morgan fingerprint density at radius 3 is 2.45 bits per heavy atom. The van der Waals surface area contributed by atoms with Crippen LogP contribution in [0.4, 0.5) is 0 Å². The van der Waals surface area contributed by atoms with Crippen molar-refractivity contribution in [2.75, 3.05) is 6.54 Å². The molecule has 3 rings (SSSR count). The molecule has 1 aliphatic carbocycles. The second-order valence-electron chi connectivity index (χ2n) is 7.75. The van der Waals surface area contributed by atoms with Gasteiger partial charge in [0.15, 0.2) is 0 Å². The van der Waals surface area contributed by atoms with Crippen LogP contribution in [0.3, 0.4) is 0 Å². The minimum absolute atomic E-state index is 0. The molecule has 2 fully saturated rings. The van der Waals surface area contributed by atoms with Gasteiger partial charge in [-0.25, -0.2) is 0 Å². The van der Waals surface area contributed by atoms with Gasteiger partial charge in [-0.15, -0.1) is 12.4 Å². The smallest absolute Gasteiger partial charge is 0.0406 e. The van der Waals surface area contributed by atoms with Crippen LogP contribution < -0.4 is 0 Å². The first kappa shape index (κ1) is 16.1. The highest BCUT2D eigenvalue weighted by molar-refractivity contribution is 6.30. The largest absolute Gasteiger partial charge is 0.296 e. The number of fused-ring (bicyclic) bond motifs is 2. The van der Waals surface area contributed by atoms with Crippen molar-refractivity contribution in [3.63, 3.8) is 0 Å².